The van der Waals surface area contributed by atoms with Crippen LogP contribution in [0.3, 0.4) is 0 Å². The molecule has 2 atom stereocenters. The Morgan fingerprint density at radius 3 is 2.56 bits per heavy atom. The number of likely N-dealkylation sites (tertiary alicyclic amines) is 2. The molecule has 27 heavy (non-hydrogen) atoms. The summed E-state index contributed by atoms with van der Waals surface area (Å²) in [5.74, 6) is 0.566. The molecular formula is C18H25ClN6O2. The van der Waals surface area contributed by atoms with E-state index >= 15 is 0 Å². The van der Waals surface area contributed by atoms with Crippen LogP contribution in [0.5, 0.6) is 0 Å². The van der Waals surface area contributed by atoms with Gasteiger partial charge in [0.25, 0.3) is 0 Å². The molecule has 0 radical (unpaired) electrons. The van der Waals surface area contributed by atoms with Gasteiger partial charge in [-0.1, -0.05) is 12.1 Å². The van der Waals surface area contributed by atoms with E-state index in [-0.39, 0.29) is 36.8 Å². The lowest BCUT2D eigenvalue weighted by atomic mass is 9.83. The zero-order valence-corrected chi connectivity index (χ0v) is 16.0. The highest BCUT2D eigenvalue weighted by Gasteiger charge is 2.39. The number of halogens is 1. The number of amides is 2. The van der Waals surface area contributed by atoms with Gasteiger partial charge in [-0.2, -0.15) is 15.0 Å². The van der Waals surface area contributed by atoms with E-state index < -0.39 is 0 Å². The summed E-state index contributed by atoms with van der Waals surface area (Å²) in [6.45, 7) is 2.60. The molecule has 2 fully saturated rings. The fourth-order valence-corrected chi connectivity index (χ4v) is 4.20. The molecule has 0 spiro atoms. The van der Waals surface area contributed by atoms with Crippen molar-refractivity contribution in [1.82, 2.24) is 24.8 Å². The summed E-state index contributed by atoms with van der Waals surface area (Å²) in [7, 11) is 0. The molecule has 2 aliphatic rings. The lowest BCUT2D eigenvalue weighted by Gasteiger charge is -2.47. The molecule has 1 aromatic heterocycles. The Morgan fingerprint density at radius 1 is 1.19 bits per heavy atom. The second kappa shape index (κ2) is 8.22. The first kappa shape index (κ1) is 19.6. The average Bonchev–Trinajstić information content (AvgIpc) is 3.06. The Kier molecular flexibility index (Phi) is 5.96. The highest BCUT2D eigenvalue weighted by atomic mass is 35.5. The summed E-state index contributed by atoms with van der Waals surface area (Å²) >= 11 is 0. The monoisotopic (exact) mass is 392 g/mol. The van der Waals surface area contributed by atoms with Gasteiger partial charge in [-0.3, -0.25) is 9.59 Å². The fourth-order valence-electron chi connectivity index (χ4n) is 4.20. The van der Waals surface area contributed by atoms with Crippen molar-refractivity contribution in [2.24, 2.45) is 11.7 Å². The summed E-state index contributed by atoms with van der Waals surface area (Å²) < 4.78 is 0. The number of piperidine rings is 2. The Balaban J connectivity index is 0.00000210. The van der Waals surface area contributed by atoms with E-state index in [0.29, 0.717) is 38.5 Å². The summed E-state index contributed by atoms with van der Waals surface area (Å²) in [6.07, 6.45) is 2.21. The Morgan fingerprint density at radius 2 is 1.89 bits per heavy atom. The zero-order chi connectivity index (χ0) is 18.1. The molecule has 2 amide bonds. The number of fused-ring (bicyclic) bond motifs is 2. The van der Waals surface area contributed by atoms with Gasteiger partial charge in [-0.05, 0) is 30.9 Å². The van der Waals surface area contributed by atoms with Crippen LogP contribution in [0.1, 0.15) is 19.3 Å². The number of hydrogen-bond acceptors (Lipinski definition) is 5. The van der Waals surface area contributed by atoms with Crippen molar-refractivity contribution in [3.8, 4) is 0 Å². The van der Waals surface area contributed by atoms with Gasteiger partial charge in [-0.15, -0.1) is 12.4 Å². The average molecular weight is 393 g/mol. The molecule has 0 saturated carbocycles. The number of nitrogens with two attached hydrogens (primary N) is 1. The number of nitrogens with zero attached hydrogens (tertiary/aromatic N) is 5. The van der Waals surface area contributed by atoms with Gasteiger partial charge in [0.1, 0.15) is 17.6 Å². The van der Waals surface area contributed by atoms with Crippen LogP contribution in [0, 0.1) is 5.92 Å². The summed E-state index contributed by atoms with van der Waals surface area (Å²) in [4.78, 5) is 30.2. The van der Waals surface area contributed by atoms with Crippen molar-refractivity contribution in [3.05, 3.63) is 24.3 Å². The first-order chi connectivity index (χ1) is 12.7. The van der Waals surface area contributed by atoms with E-state index in [2.05, 4.69) is 10.2 Å². The van der Waals surface area contributed by atoms with Crippen molar-refractivity contribution in [3.63, 3.8) is 0 Å². The van der Waals surface area contributed by atoms with Crippen LogP contribution in [0.25, 0.3) is 11.0 Å². The molecule has 0 aliphatic carbocycles. The van der Waals surface area contributed by atoms with E-state index in [1.807, 2.05) is 34.1 Å². The lowest BCUT2D eigenvalue weighted by molar-refractivity contribution is -0.144. The molecule has 3 heterocycles. The largest absolute Gasteiger partial charge is 0.341 e. The minimum Gasteiger partial charge on any atom is -0.341 e. The number of rotatable bonds is 4. The number of benzene rings is 1. The van der Waals surface area contributed by atoms with Crippen LogP contribution in [-0.4, -0.2) is 68.8 Å². The maximum Gasteiger partial charge on any atom is 0.246 e. The molecule has 0 unspecified atom stereocenters. The molecule has 1 aromatic carbocycles. The predicted molar refractivity (Wildman–Crippen MR) is 103 cm³/mol. The van der Waals surface area contributed by atoms with Crippen LogP contribution >= 0.6 is 12.4 Å². The maximum atomic E-state index is 12.7. The smallest absolute Gasteiger partial charge is 0.246 e. The van der Waals surface area contributed by atoms with Crippen molar-refractivity contribution < 1.29 is 9.59 Å². The van der Waals surface area contributed by atoms with E-state index in [4.69, 9.17) is 5.73 Å². The van der Waals surface area contributed by atoms with Crippen LogP contribution in [0.4, 0.5) is 0 Å². The van der Waals surface area contributed by atoms with E-state index in [0.717, 1.165) is 23.9 Å². The van der Waals surface area contributed by atoms with Crippen molar-refractivity contribution in [2.75, 3.05) is 26.2 Å². The first-order valence-corrected chi connectivity index (χ1v) is 9.23. The third-order valence-electron chi connectivity index (χ3n) is 5.47. The molecule has 9 heteroatoms. The predicted octanol–water partition coefficient (Wildman–Crippen LogP) is 0.651. The van der Waals surface area contributed by atoms with E-state index in [1.165, 1.54) is 4.80 Å². The molecule has 146 valence electrons. The van der Waals surface area contributed by atoms with Crippen LogP contribution in [-0.2, 0) is 16.1 Å². The molecule has 8 nitrogen and oxygen atoms in total. The third kappa shape index (κ3) is 3.91. The number of aromatic nitrogens is 3. The van der Waals surface area contributed by atoms with Crippen LogP contribution < -0.4 is 5.73 Å². The van der Waals surface area contributed by atoms with Gasteiger partial charge in [0, 0.05) is 38.6 Å². The van der Waals surface area contributed by atoms with Crippen molar-refractivity contribution in [2.45, 2.75) is 31.8 Å². The quantitative estimate of drug-likeness (QED) is 0.823. The second-order valence-corrected chi connectivity index (χ2v) is 7.09. The fraction of sp³-hybridized carbons (Fsp3) is 0.556. The minimum atomic E-state index is 0. The topological polar surface area (TPSA) is 97.3 Å². The summed E-state index contributed by atoms with van der Waals surface area (Å²) in [5, 5.41) is 8.73. The second-order valence-electron chi connectivity index (χ2n) is 7.09. The lowest BCUT2D eigenvalue weighted by Crippen LogP contribution is -2.58. The SMILES string of the molecule is Cl.NCCN1C(=O)CC[C@H]2CN(C(=O)Cn3nc4ccccc4n3)CC[C@H]21. The van der Waals surface area contributed by atoms with E-state index in [1.54, 1.807) is 0 Å². The molecule has 2 aliphatic heterocycles. The Hall–Kier alpha value is -2.19. The third-order valence-corrected chi connectivity index (χ3v) is 5.47. The standard InChI is InChI=1S/C18H24N6O2.ClH/c19-8-10-23-16-7-9-22(11-13(16)5-6-17(23)25)18(26)12-24-20-14-3-1-2-4-15(14)21-24;/h1-4,13,16H,5-12,19H2;1H/t13-,16+;/m0./s1. The van der Waals surface area contributed by atoms with Gasteiger partial charge in [0.15, 0.2) is 0 Å². The molecule has 2 saturated heterocycles. The molecule has 2 N–H and O–H groups in total. The molecule has 4 rings (SSSR count). The minimum absolute atomic E-state index is 0. The van der Waals surface area contributed by atoms with Crippen molar-refractivity contribution in [1.29, 1.82) is 0 Å². The molecule has 0 bridgehead atoms. The van der Waals surface area contributed by atoms with Crippen molar-refractivity contribution >= 4 is 35.3 Å². The van der Waals surface area contributed by atoms with Gasteiger partial charge < -0.3 is 15.5 Å². The number of hydrogen-bond donors (Lipinski definition) is 1. The van der Waals surface area contributed by atoms with Gasteiger partial charge in [0.05, 0.1) is 0 Å². The summed E-state index contributed by atoms with van der Waals surface area (Å²) in [6, 6.07) is 7.81. The normalized spacial score (nSPS) is 22.5. The van der Waals surface area contributed by atoms with Crippen LogP contribution in [0.2, 0.25) is 0 Å². The Bertz CT molecular complexity index is 792. The number of carbonyl (C=O) groups is 2. The number of carbonyl (C=O) groups excluding carboxylic acids is 2. The first-order valence-electron chi connectivity index (χ1n) is 9.23. The van der Waals surface area contributed by atoms with Gasteiger partial charge in [0.2, 0.25) is 11.8 Å². The highest BCUT2D eigenvalue weighted by molar-refractivity contribution is 5.85. The maximum absolute atomic E-state index is 12.7. The van der Waals surface area contributed by atoms with E-state index in [9.17, 15) is 9.59 Å². The zero-order valence-electron chi connectivity index (χ0n) is 15.2. The molecular weight excluding hydrogens is 368 g/mol. The van der Waals surface area contributed by atoms with Crippen LogP contribution in [0.15, 0.2) is 24.3 Å². The van der Waals surface area contributed by atoms with Gasteiger partial charge in [-0.25, -0.2) is 0 Å². The van der Waals surface area contributed by atoms with Gasteiger partial charge >= 0.3 is 0 Å². The highest BCUT2D eigenvalue weighted by Crippen LogP contribution is 2.31. The summed E-state index contributed by atoms with van der Waals surface area (Å²) in [5.41, 5.74) is 7.25. The Labute approximate surface area is 164 Å². The molecule has 2 aromatic rings.